The molecule has 1 aliphatic heterocycles. The summed E-state index contributed by atoms with van der Waals surface area (Å²) in [5, 5.41) is 9.68. The van der Waals surface area contributed by atoms with Crippen molar-refractivity contribution in [2.45, 2.75) is 32.2 Å². The number of hydrogen-bond donors (Lipinski definition) is 2. The zero-order valence-corrected chi connectivity index (χ0v) is 16.5. The number of carbonyl (C=O) groups is 1. The van der Waals surface area contributed by atoms with Gasteiger partial charge in [-0.15, -0.1) is 0 Å². The lowest BCUT2D eigenvalue weighted by Crippen LogP contribution is -2.37. The molecule has 138 valence electrons. The fourth-order valence-electron chi connectivity index (χ4n) is 3.57. The quantitative estimate of drug-likeness (QED) is 0.790. The first-order valence-electron chi connectivity index (χ1n) is 8.62. The van der Waals surface area contributed by atoms with Crippen LogP contribution in [0.4, 0.5) is 5.69 Å². The molecular weight excluding hydrogens is 396 g/mol. The molecule has 1 amide bonds. The summed E-state index contributed by atoms with van der Waals surface area (Å²) < 4.78 is 6.01. The Morgan fingerprint density at radius 1 is 1.38 bits per heavy atom. The van der Waals surface area contributed by atoms with Crippen molar-refractivity contribution >= 4 is 27.5 Å². The number of methoxy groups -OCH3 is 1. The van der Waals surface area contributed by atoms with Gasteiger partial charge in [-0.1, -0.05) is 15.9 Å². The molecular formula is C20H23BrN2O3. The van der Waals surface area contributed by atoms with Gasteiger partial charge in [0.2, 0.25) is 5.91 Å². The predicted octanol–water partition coefficient (Wildman–Crippen LogP) is 3.84. The highest BCUT2D eigenvalue weighted by molar-refractivity contribution is 9.10. The number of fused-ring (bicyclic) bond motifs is 1. The molecule has 3 rings (SSSR count). The molecule has 1 aliphatic rings. The standard InChI is InChI=1S/C20H23BrN2O3/c1-12-8-14(24)10-16(21)20(12)17(22)11-19(25)23-7-3-4-13-9-15(26-2)5-6-18(13)23/h5-6,8-10,17,24H,3-4,7,11,22H2,1-2H3. The predicted molar refractivity (Wildman–Crippen MR) is 106 cm³/mol. The number of rotatable bonds is 4. The maximum absolute atomic E-state index is 12.9. The summed E-state index contributed by atoms with van der Waals surface area (Å²) in [5.74, 6) is 0.983. The third-order valence-corrected chi connectivity index (χ3v) is 5.45. The Kier molecular flexibility index (Phi) is 5.53. The van der Waals surface area contributed by atoms with E-state index in [2.05, 4.69) is 15.9 Å². The average molecular weight is 419 g/mol. The number of anilines is 1. The van der Waals surface area contributed by atoms with E-state index < -0.39 is 6.04 Å². The van der Waals surface area contributed by atoms with Crippen molar-refractivity contribution in [2.24, 2.45) is 5.73 Å². The number of phenolic OH excluding ortho intramolecular Hbond substituents is 1. The van der Waals surface area contributed by atoms with Gasteiger partial charge in [-0.2, -0.15) is 0 Å². The van der Waals surface area contributed by atoms with Crippen molar-refractivity contribution in [3.63, 3.8) is 0 Å². The molecule has 1 atom stereocenters. The normalized spacial score (nSPS) is 14.7. The molecule has 0 aromatic heterocycles. The first kappa shape index (κ1) is 18.7. The van der Waals surface area contributed by atoms with E-state index in [1.54, 1.807) is 19.2 Å². The molecule has 0 bridgehead atoms. The number of aromatic hydroxyl groups is 1. The van der Waals surface area contributed by atoms with Crippen molar-refractivity contribution in [3.05, 3.63) is 51.5 Å². The number of benzene rings is 2. The second-order valence-electron chi connectivity index (χ2n) is 6.61. The number of halogens is 1. The monoisotopic (exact) mass is 418 g/mol. The van der Waals surface area contributed by atoms with Gasteiger partial charge in [0.05, 0.1) is 7.11 Å². The number of carbonyl (C=O) groups excluding carboxylic acids is 1. The summed E-state index contributed by atoms with van der Waals surface area (Å²) in [6.45, 7) is 2.58. The molecule has 5 nitrogen and oxygen atoms in total. The molecule has 26 heavy (non-hydrogen) atoms. The van der Waals surface area contributed by atoms with Crippen LogP contribution < -0.4 is 15.4 Å². The highest BCUT2D eigenvalue weighted by Crippen LogP contribution is 2.34. The first-order valence-corrected chi connectivity index (χ1v) is 9.42. The molecule has 0 saturated heterocycles. The number of phenols is 1. The minimum absolute atomic E-state index is 0.00277. The van der Waals surface area contributed by atoms with Gasteiger partial charge in [0.1, 0.15) is 11.5 Å². The van der Waals surface area contributed by atoms with Gasteiger partial charge >= 0.3 is 0 Å². The van der Waals surface area contributed by atoms with Gasteiger partial charge in [0, 0.05) is 29.2 Å². The van der Waals surface area contributed by atoms with Gasteiger partial charge in [-0.05, 0) is 66.8 Å². The van der Waals surface area contributed by atoms with Gasteiger partial charge in [-0.3, -0.25) is 4.79 Å². The van der Waals surface area contributed by atoms with E-state index in [-0.39, 0.29) is 18.1 Å². The van der Waals surface area contributed by atoms with Crippen LogP contribution in [0, 0.1) is 6.92 Å². The van der Waals surface area contributed by atoms with Crippen LogP contribution in [-0.2, 0) is 11.2 Å². The Bertz CT molecular complexity index is 815. The second kappa shape index (κ2) is 7.68. The lowest BCUT2D eigenvalue weighted by molar-refractivity contribution is -0.119. The molecule has 2 aromatic rings. The molecule has 2 aromatic carbocycles. The summed E-state index contributed by atoms with van der Waals surface area (Å²) in [6, 6.07) is 8.64. The summed E-state index contributed by atoms with van der Waals surface area (Å²) in [6.07, 6.45) is 2.06. The largest absolute Gasteiger partial charge is 0.508 e. The molecule has 0 aliphatic carbocycles. The third-order valence-electron chi connectivity index (χ3n) is 4.79. The van der Waals surface area contributed by atoms with Crippen LogP contribution in [0.15, 0.2) is 34.8 Å². The Morgan fingerprint density at radius 2 is 2.15 bits per heavy atom. The van der Waals surface area contributed by atoms with E-state index in [4.69, 9.17) is 10.5 Å². The molecule has 3 N–H and O–H groups in total. The summed E-state index contributed by atoms with van der Waals surface area (Å²) in [5.41, 5.74) is 10.1. The fourth-order valence-corrected chi connectivity index (χ4v) is 4.41. The van der Waals surface area contributed by atoms with E-state index in [9.17, 15) is 9.90 Å². The van der Waals surface area contributed by atoms with Gasteiger partial charge in [0.15, 0.2) is 0 Å². The Morgan fingerprint density at radius 3 is 2.85 bits per heavy atom. The van der Waals surface area contributed by atoms with E-state index in [0.29, 0.717) is 6.54 Å². The SMILES string of the molecule is COc1ccc2c(c1)CCCN2C(=O)CC(N)c1c(C)cc(O)cc1Br. The number of hydrogen-bond acceptors (Lipinski definition) is 4. The summed E-state index contributed by atoms with van der Waals surface area (Å²) in [4.78, 5) is 14.8. The number of nitrogens with zero attached hydrogens (tertiary/aromatic N) is 1. The van der Waals surface area contributed by atoms with E-state index in [1.165, 1.54) is 0 Å². The van der Waals surface area contributed by atoms with Crippen molar-refractivity contribution in [2.75, 3.05) is 18.6 Å². The minimum atomic E-state index is -0.443. The van der Waals surface area contributed by atoms with Gasteiger partial charge in [-0.25, -0.2) is 0 Å². The maximum Gasteiger partial charge on any atom is 0.228 e. The number of amides is 1. The molecule has 0 radical (unpaired) electrons. The van der Waals surface area contributed by atoms with Crippen LogP contribution in [0.2, 0.25) is 0 Å². The highest BCUT2D eigenvalue weighted by atomic mass is 79.9. The Hall–Kier alpha value is -2.05. The van der Waals surface area contributed by atoms with Crippen LogP contribution in [0.5, 0.6) is 11.5 Å². The molecule has 1 unspecified atom stereocenters. The first-order chi connectivity index (χ1) is 12.4. The molecule has 1 heterocycles. The van der Waals surface area contributed by atoms with Gasteiger partial charge in [0.25, 0.3) is 0 Å². The van der Waals surface area contributed by atoms with E-state index in [0.717, 1.165) is 45.4 Å². The van der Waals surface area contributed by atoms with Crippen LogP contribution >= 0.6 is 15.9 Å². The fraction of sp³-hybridized carbons (Fsp3) is 0.350. The molecule has 6 heteroatoms. The minimum Gasteiger partial charge on any atom is -0.508 e. The molecule has 0 spiro atoms. The zero-order valence-electron chi connectivity index (χ0n) is 15.0. The van der Waals surface area contributed by atoms with Crippen molar-refractivity contribution in [3.8, 4) is 11.5 Å². The molecule has 0 saturated carbocycles. The smallest absolute Gasteiger partial charge is 0.228 e. The highest BCUT2D eigenvalue weighted by Gasteiger charge is 2.26. The topological polar surface area (TPSA) is 75.8 Å². The van der Waals surface area contributed by atoms with Crippen LogP contribution in [-0.4, -0.2) is 24.7 Å². The van der Waals surface area contributed by atoms with Crippen molar-refractivity contribution < 1.29 is 14.6 Å². The lowest BCUT2D eigenvalue weighted by atomic mass is 9.97. The van der Waals surface area contributed by atoms with Crippen LogP contribution in [0.1, 0.15) is 35.6 Å². The lowest BCUT2D eigenvalue weighted by Gasteiger charge is -2.31. The Balaban J connectivity index is 1.81. The van der Waals surface area contributed by atoms with E-state index >= 15 is 0 Å². The van der Waals surface area contributed by atoms with E-state index in [1.807, 2.05) is 30.0 Å². The summed E-state index contributed by atoms with van der Waals surface area (Å²) >= 11 is 3.45. The molecule has 0 fully saturated rings. The third kappa shape index (κ3) is 3.71. The Labute approximate surface area is 161 Å². The number of aryl methyl sites for hydroxylation is 2. The van der Waals surface area contributed by atoms with Crippen LogP contribution in [0.25, 0.3) is 0 Å². The second-order valence-corrected chi connectivity index (χ2v) is 7.47. The van der Waals surface area contributed by atoms with Crippen molar-refractivity contribution in [1.29, 1.82) is 0 Å². The average Bonchev–Trinajstić information content (AvgIpc) is 2.59. The number of nitrogens with two attached hydrogens (primary N) is 1. The maximum atomic E-state index is 12.9. The van der Waals surface area contributed by atoms with Gasteiger partial charge < -0.3 is 20.5 Å². The van der Waals surface area contributed by atoms with Crippen LogP contribution in [0.3, 0.4) is 0 Å². The van der Waals surface area contributed by atoms with Crippen molar-refractivity contribution in [1.82, 2.24) is 0 Å². The number of ether oxygens (including phenoxy) is 1. The summed E-state index contributed by atoms with van der Waals surface area (Å²) in [7, 11) is 1.64. The zero-order chi connectivity index (χ0) is 18.8.